The summed E-state index contributed by atoms with van der Waals surface area (Å²) in [5, 5.41) is 7.12. The third kappa shape index (κ3) is 6.15. The van der Waals surface area contributed by atoms with Gasteiger partial charge in [0.25, 0.3) is 10.3 Å². The van der Waals surface area contributed by atoms with E-state index in [9.17, 15) is 0 Å². The zero-order chi connectivity index (χ0) is 12.7. The molecule has 4 nitrogen and oxygen atoms in total. The third-order valence-corrected chi connectivity index (χ3v) is 1.85. The van der Waals surface area contributed by atoms with Crippen LogP contribution in [0, 0.1) is 13.8 Å². The summed E-state index contributed by atoms with van der Waals surface area (Å²) in [6.45, 7) is 3.99. The highest BCUT2D eigenvalue weighted by Gasteiger charge is 2.01. The molecule has 0 spiro atoms. The van der Waals surface area contributed by atoms with Crippen LogP contribution in [0.25, 0.3) is 0 Å². The van der Waals surface area contributed by atoms with Crippen LogP contribution in [0.2, 0.25) is 0 Å². The van der Waals surface area contributed by atoms with Gasteiger partial charge in [-0.3, -0.25) is 0 Å². The van der Waals surface area contributed by atoms with Gasteiger partial charge in [0.05, 0.1) is 0 Å². The Labute approximate surface area is 105 Å². The lowest BCUT2D eigenvalue weighted by molar-refractivity contribution is 0.552. The van der Waals surface area contributed by atoms with Gasteiger partial charge in [-0.25, -0.2) is 0 Å². The van der Waals surface area contributed by atoms with Gasteiger partial charge >= 0.3 is 0 Å². The minimum atomic E-state index is -0.500. The maximum absolute atomic E-state index is 7.56. The summed E-state index contributed by atoms with van der Waals surface area (Å²) in [6.07, 6.45) is 0. The Balaban J connectivity index is 0.000000487. The van der Waals surface area contributed by atoms with Crippen LogP contribution in [-0.4, -0.2) is 15.5 Å². The number of aryl methyl sites for hydroxylation is 1. The van der Waals surface area contributed by atoms with Gasteiger partial charge in [0.2, 0.25) is 0 Å². The number of aliphatic hydroxyl groups excluding tert-OH is 1. The minimum absolute atomic E-state index is 0.0590. The molecule has 0 atom stereocenters. The van der Waals surface area contributed by atoms with Crippen LogP contribution in [0.15, 0.2) is 18.2 Å². The van der Waals surface area contributed by atoms with E-state index >= 15 is 0 Å². The number of hydrogen-bond donors (Lipinski definition) is 3. The number of hydrogen-bond acceptors (Lipinski definition) is 3. The lowest BCUT2D eigenvalue weighted by Gasteiger charge is -2.07. The number of aliphatic hydroxyl groups is 1. The molecule has 0 amide bonds. The van der Waals surface area contributed by atoms with Crippen LogP contribution in [-0.2, 0) is 0 Å². The summed E-state index contributed by atoms with van der Waals surface area (Å²) in [7, 11) is 0. The summed E-state index contributed by atoms with van der Waals surface area (Å²) in [5.74, 6) is 0.738. The van der Waals surface area contributed by atoms with Gasteiger partial charge in [0, 0.05) is 0 Å². The van der Waals surface area contributed by atoms with Crippen molar-refractivity contribution in [3.8, 4) is 5.75 Å². The van der Waals surface area contributed by atoms with Gasteiger partial charge in [0.15, 0.2) is 0 Å². The van der Waals surface area contributed by atoms with Crippen LogP contribution in [0.3, 0.4) is 0 Å². The molecule has 0 fully saturated rings. The predicted molar refractivity (Wildman–Crippen MR) is 72.7 cm³/mol. The lowest BCUT2D eigenvalue weighted by atomic mass is 10.1. The van der Waals surface area contributed by atoms with Gasteiger partial charge < -0.3 is 21.3 Å². The highest BCUT2D eigenvalue weighted by atomic mass is 32.1. The molecule has 1 aromatic rings. The van der Waals surface area contributed by atoms with Gasteiger partial charge in [-0.15, -0.1) is 0 Å². The monoisotopic (exact) mass is 258 g/mol. The van der Waals surface area contributed by atoms with Crippen molar-refractivity contribution < 1.29 is 9.84 Å². The van der Waals surface area contributed by atoms with E-state index in [-0.39, 0.29) is 5.17 Å². The Morgan fingerprint density at radius 1 is 1.25 bits per heavy atom. The number of nitrogens with two attached hydrogens (primary N) is 2. The summed E-state index contributed by atoms with van der Waals surface area (Å²) < 4.78 is 5.14. The molecule has 0 saturated carbocycles. The molecule has 0 heterocycles. The van der Waals surface area contributed by atoms with Crippen molar-refractivity contribution >= 4 is 34.8 Å². The fourth-order valence-electron chi connectivity index (χ4n) is 0.943. The fourth-order valence-corrected chi connectivity index (χ4v) is 1.03. The fraction of sp³-hybridized carbons (Fsp3) is 0.200. The van der Waals surface area contributed by atoms with E-state index in [1.807, 2.05) is 32.0 Å². The number of rotatable bonds is 1. The summed E-state index contributed by atoms with van der Waals surface area (Å²) in [4.78, 5) is 0. The summed E-state index contributed by atoms with van der Waals surface area (Å²) in [5.41, 5.74) is 11.9. The van der Waals surface area contributed by atoms with Crippen molar-refractivity contribution in [1.29, 1.82) is 0 Å². The maximum Gasteiger partial charge on any atom is 0.259 e. The second kappa shape index (κ2) is 6.97. The Bertz CT molecular complexity index is 390. The first kappa shape index (κ1) is 14.6. The normalized spacial score (nSPS) is 8.62. The Morgan fingerprint density at radius 3 is 2.19 bits per heavy atom. The van der Waals surface area contributed by atoms with Crippen molar-refractivity contribution in [3.05, 3.63) is 29.3 Å². The molecule has 0 radical (unpaired) electrons. The van der Waals surface area contributed by atoms with E-state index in [0.29, 0.717) is 0 Å². The van der Waals surface area contributed by atoms with Crippen LogP contribution in [0.1, 0.15) is 11.1 Å². The van der Waals surface area contributed by atoms with Crippen LogP contribution in [0.4, 0.5) is 0 Å². The highest BCUT2D eigenvalue weighted by molar-refractivity contribution is 7.80. The van der Waals surface area contributed by atoms with Crippen LogP contribution >= 0.6 is 24.4 Å². The molecule has 0 aliphatic heterocycles. The molecule has 16 heavy (non-hydrogen) atoms. The zero-order valence-electron chi connectivity index (χ0n) is 9.06. The first-order valence-electron chi connectivity index (χ1n) is 4.36. The molecule has 88 valence electrons. The van der Waals surface area contributed by atoms with Crippen molar-refractivity contribution in [3.63, 3.8) is 0 Å². The largest absolute Gasteiger partial charge is 0.487 e. The molecule has 1 rings (SSSR count). The molecule has 1 aromatic carbocycles. The SMILES string of the molecule is Cc1cccc(OC(N)=S)c1C.NC(O)=S. The highest BCUT2D eigenvalue weighted by Crippen LogP contribution is 2.20. The Kier molecular flexibility index (Phi) is 6.36. The standard InChI is InChI=1S/C9H11NOS.CH3NOS/c1-6-4-3-5-8(7(6)2)11-9(10)12;2-1(3)4/h3-5H,1-2H3,(H2,10,12);(H3,2,3,4). The average molecular weight is 258 g/mol. The Hall–Kier alpha value is -1.40. The van der Waals surface area contributed by atoms with E-state index in [4.69, 9.17) is 15.6 Å². The molecule has 0 bridgehead atoms. The number of ether oxygens (including phenoxy) is 1. The van der Waals surface area contributed by atoms with Gasteiger partial charge in [-0.1, -0.05) is 12.1 Å². The number of benzene rings is 1. The summed E-state index contributed by atoms with van der Waals surface area (Å²) in [6, 6.07) is 5.78. The van der Waals surface area contributed by atoms with Crippen LogP contribution < -0.4 is 16.2 Å². The first-order chi connectivity index (χ1) is 7.34. The number of thiocarbonyl (C=S) groups is 2. The smallest absolute Gasteiger partial charge is 0.259 e. The molecular weight excluding hydrogens is 244 g/mol. The molecule has 0 aromatic heterocycles. The van der Waals surface area contributed by atoms with Crippen molar-refractivity contribution in [2.24, 2.45) is 11.5 Å². The van der Waals surface area contributed by atoms with Gasteiger partial charge in [0.1, 0.15) is 5.75 Å². The first-order valence-corrected chi connectivity index (χ1v) is 5.18. The molecular formula is C10H14N2O2S2. The van der Waals surface area contributed by atoms with E-state index in [0.717, 1.165) is 11.3 Å². The minimum Gasteiger partial charge on any atom is -0.487 e. The molecule has 0 unspecified atom stereocenters. The van der Waals surface area contributed by atoms with Crippen molar-refractivity contribution in [1.82, 2.24) is 0 Å². The maximum atomic E-state index is 7.56. The lowest BCUT2D eigenvalue weighted by Crippen LogP contribution is -2.16. The second-order valence-corrected chi connectivity index (χ2v) is 3.78. The summed E-state index contributed by atoms with van der Waals surface area (Å²) >= 11 is 8.51. The topological polar surface area (TPSA) is 81.5 Å². The van der Waals surface area contributed by atoms with Crippen LogP contribution in [0.5, 0.6) is 5.75 Å². The average Bonchev–Trinajstić information content (AvgIpc) is 2.11. The van der Waals surface area contributed by atoms with E-state index in [1.54, 1.807) is 0 Å². The van der Waals surface area contributed by atoms with Crippen molar-refractivity contribution in [2.45, 2.75) is 13.8 Å². The van der Waals surface area contributed by atoms with E-state index in [2.05, 4.69) is 30.2 Å². The van der Waals surface area contributed by atoms with Gasteiger partial charge in [-0.2, -0.15) is 0 Å². The molecule has 5 N–H and O–H groups in total. The van der Waals surface area contributed by atoms with Crippen molar-refractivity contribution in [2.75, 3.05) is 0 Å². The molecule has 0 aliphatic carbocycles. The van der Waals surface area contributed by atoms with Gasteiger partial charge in [-0.05, 0) is 55.5 Å². The molecule has 6 heteroatoms. The zero-order valence-corrected chi connectivity index (χ0v) is 10.7. The predicted octanol–water partition coefficient (Wildman–Crippen LogP) is 1.71. The van der Waals surface area contributed by atoms with E-state index < -0.39 is 5.17 Å². The molecule has 0 saturated heterocycles. The van der Waals surface area contributed by atoms with E-state index in [1.165, 1.54) is 5.56 Å². The quantitative estimate of drug-likeness (QED) is 0.665. The molecule has 0 aliphatic rings. The Morgan fingerprint density at radius 2 is 1.75 bits per heavy atom. The second-order valence-electron chi connectivity index (χ2n) is 2.96. The third-order valence-electron chi connectivity index (χ3n) is 1.77.